The number of carbonyl (C=O) groups excluding carboxylic acids is 2. The summed E-state index contributed by atoms with van der Waals surface area (Å²) >= 11 is 0. The fourth-order valence-corrected chi connectivity index (χ4v) is 2.90. The van der Waals surface area contributed by atoms with Gasteiger partial charge in [-0.3, -0.25) is 9.59 Å². The minimum atomic E-state index is -0.0214. The van der Waals surface area contributed by atoms with Crippen molar-refractivity contribution in [2.75, 3.05) is 19.6 Å². The molecule has 1 aliphatic heterocycles. The Morgan fingerprint density at radius 1 is 1.18 bits per heavy atom. The highest BCUT2D eigenvalue weighted by atomic mass is 16.2. The van der Waals surface area contributed by atoms with Gasteiger partial charge in [0, 0.05) is 6.54 Å². The average Bonchev–Trinajstić information content (AvgIpc) is 2.35. The van der Waals surface area contributed by atoms with E-state index in [1.807, 2.05) is 0 Å². The summed E-state index contributed by atoms with van der Waals surface area (Å²) in [7, 11) is 0. The molecule has 2 aliphatic rings. The zero-order valence-corrected chi connectivity index (χ0v) is 10.6. The minimum absolute atomic E-state index is 0.0214. The van der Waals surface area contributed by atoms with Crippen LogP contribution in [0.5, 0.6) is 0 Å². The first kappa shape index (κ1) is 12.4. The second-order valence-corrected chi connectivity index (χ2v) is 5.35. The molecule has 4 heteroatoms. The zero-order valence-electron chi connectivity index (χ0n) is 10.6. The summed E-state index contributed by atoms with van der Waals surface area (Å²) in [5.41, 5.74) is 0. The summed E-state index contributed by atoms with van der Waals surface area (Å²) in [6.07, 6.45) is 6.27. The van der Waals surface area contributed by atoms with Gasteiger partial charge in [0.1, 0.15) is 0 Å². The number of nitrogens with zero attached hydrogens (tertiary/aromatic N) is 1. The second kappa shape index (κ2) is 5.52. The fourth-order valence-electron chi connectivity index (χ4n) is 2.90. The van der Waals surface area contributed by atoms with Crippen molar-refractivity contribution in [3.63, 3.8) is 0 Å². The summed E-state index contributed by atoms with van der Waals surface area (Å²) in [4.78, 5) is 24.6. The van der Waals surface area contributed by atoms with E-state index < -0.39 is 0 Å². The lowest BCUT2D eigenvalue weighted by Gasteiger charge is -2.34. The van der Waals surface area contributed by atoms with E-state index in [2.05, 4.69) is 12.2 Å². The summed E-state index contributed by atoms with van der Waals surface area (Å²) < 4.78 is 0. The van der Waals surface area contributed by atoms with Crippen LogP contribution in [0.1, 0.15) is 39.0 Å². The van der Waals surface area contributed by atoms with Crippen LogP contribution in [0.3, 0.4) is 0 Å². The van der Waals surface area contributed by atoms with E-state index in [1.165, 1.54) is 32.1 Å². The Labute approximate surface area is 103 Å². The van der Waals surface area contributed by atoms with Gasteiger partial charge in [-0.1, -0.05) is 26.2 Å². The quantitative estimate of drug-likeness (QED) is 0.802. The van der Waals surface area contributed by atoms with Crippen LogP contribution in [0.25, 0.3) is 0 Å². The predicted molar refractivity (Wildman–Crippen MR) is 65.3 cm³/mol. The van der Waals surface area contributed by atoms with Crippen molar-refractivity contribution in [2.45, 2.75) is 39.0 Å². The topological polar surface area (TPSA) is 49.4 Å². The Balaban J connectivity index is 1.80. The van der Waals surface area contributed by atoms with E-state index in [0.29, 0.717) is 5.92 Å². The Bertz CT molecular complexity index is 296. The summed E-state index contributed by atoms with van der Waals surface area (Å²) in [6.45, 7) is 3.47. The van der Waals surface area contributed by atoms with E-state index in [4.69, 9.17) is 0 Å². The third kappa shape index (κ3) is 3.20. The number of rotatable bonds is 3. The van der Waals surface area contributed by atoms with Gasteiger partial charge in [-0.25, -0.2) is 0 Å². The van der Waals surface area contributed by atoms with Crippen molar-refractivity contribution in [2.24, 2.45) is 11.8 Å². The van der Waals surface area contributed by atoms with Crippen LogP contribution < -0.4 is 5.32 Å². The van der Waals surface area contributed by atoms with Crippen LogP contribution >= 0.6 is 0 Å². The number of piperazine rings is 1. The third-order valence-electron chi connectivity index (χ3n) is 4.15. The van der Waals surface area contributed by atoms with Gasteiger partial charge in [0.2, 0.25) is 11.8 Å². The SMILES string of the molecule is CCC1CCC(CN2CC(=O)NCC2=O)CC1. The second-order valence-electron chi connectivity index (χ2n) is 5.35. The van der Waals surface area contributed by atoms with Crippen LogP contribution in [-0.4, -0.2) is 36.3 Å². The molecule has 2 rings (SSSR count). The highest BCUT2D eigenvalue weighted by Crippen LogP contribution is 2.31. The first-order valence-corrected chi connectivity index (χ1v) is 6.73. The lowest BCUT2D eigenvalue weighted by atomic mass is 9.80. The molecule has 1 saturated carbocycles. The Morgan fingerprint density at radius 3 is 2.47 bits per heavy atom. The maximum Gasteiger partial charge on any atom is 0.242 e. The van der Waals surface area contributed by atoms with Gasteiger partial charge in [0.15, 0.2) is 0 Å². The van der Waals surface area contributed by atoms with Crippen LogP contribution in [0, 0.1) is 11.8 Å². The van der Waals surface area contributed by atoms with Crippen molar-refractivity contribution in [3.05, 3.63) is 0 Å². The van der Waals surface area contributed by atoms with Gasteiger partial charge >= 0.3 is 0 Å². The first-order chi connectivity index (χ1) is 8.19. The van der Waals surface area contributed by atoms with Gasteiger partial charge < -0.3 is 10.2 Å². The predicted octanol–water partition coefficient (Wildman–Crippen LogP) is 1.16. The molecule has 1 aliphatic carbocycles. The van der Waals surface area contributed by atoms with Crippen LogP contribution in [0.15, 0.2) is 0 Å². The average molecular weight is 238 g/mol. The molecular formula is C13H22N2O2. The summed E-state index contributed by atoms with van der Waals surface area (Å²) in [5.74, 6) is 1.54. The highest BCUT2D eigenvalue weighted by Gasteiger charge is 2.27. The third-order valence-corrected chi connectivity index (χ3v) is 4.15. The van der Waals surface area contributed by atoms with Crippen molar-refractivity contribution in [1.29, 1.82) is 0 Å². The van der Waals surface area contributed by atoms with Crippen molar-refractivity contribution in [1.82, 2.24) is 10.2 Å². The Kier molecular flexibility index (Phi) is 4.02. The molecule has 0 bridgehead atoms. The van der Waals surface area contributed by atoms with Crippen molar-refractivity contribution >= 4 is 11.8 Å². The van der Waals surface area contributed by atoms with Gasteiger partial charge in [-0.2, -0.15) is 0 Å². The van der Waals surface area contributed by atoms with E-state index in [1.54, 1.807) is 4.90 Å². The van der Waals surface area contributed by atoms with E-state index >= 15 is 0 Å². The monoisotopic (exact) mass is 238 g/mol. The van der Waals surface area contributed by atoms with Gasteiger partial charge in [0.25, 0.3) is 0 Å². The van der Waals surface area contributed by atoms with E-state index in [-0.39, 0.29) is 24.9 Å². The van der Waals surface area contributed by atoms with Crippen molar-refractivity contribution < 1.29 is 9.59 Å². The Hall–Kier alpha value is -1.06. The summed E-state index contributed by atoms with van der Waals surface area (Å²) in [5, 5.41) is 2.59. The number of nitrogens with one attached hydrogen (secondary N) is 1. The molecule has 4 nitrogen and oxygen atoms in total. The van der Waals surface area contributed by atoms with Crippen LogP contribution in [0.2, 0.25) is 0 Å². The molecule has 0 aromatic heterocycles. The maximum absolute atomic E-state index is 11.6. The molecule has 0 atom stereocenters. The molecule has 0 unspecified atom stereocenters. The highest BCUT2D eigenvalue weighted by molar-refractivity contribution is 5.92. The zero-order chi connectivity index (χ0) is 12.3. The lowest BCUT2D eigenvalue weighted by Crippen LogP contribution is -2.52. The van der Waals surface area contributed by atoms with Gasteiger partial charge in [-0.05, 0) is 24.7 Å². The number of hydrogen-bond acceptors (Lipinski definition) is 2. The molecule has 0 aromatic carbocycles. The summed E-state index contributed by atoms with van der Waals surface area (Å²) in [6, 6.07) is 0. The lowest BCUT2D eigenvalue weighted by molar-refractivity contribution is -0.141. The van der Waals surface area contributed by atoms with Gasteiger partial charge in [0.05, 0.1) is 13.1 Å². The van der Waals surface area contributed by atoms with Crippen LogP contribution in [0.4, 0.5) is 0 Å². The fraction of sp³-hybridized carbons (Fsp3) is 0.846. The normalized spacial score (nSPS) is 30.3. The molecular weight excluding hydrogens is 216 g/mol. The molecule has 2 fully saturated rings. The molecule has 96 valence electrons. The van der Waals surface area contributed by atoms with E-state index in [0.717, 1.165) is 12.5 Å². The largest absolute Gasteiger partial charge is 0.345 e. The number of hydrogen-bond donors (Lipinski definition) is 1. The molecule has 1 N–H and O–H groups in total. The smallest absolute Gasteiger partial charge is 0.242 e. The van der Waals surface area contributed by atoms with E-state index in [9.17, 15) is 9.59 Å². The molecule has 1 heterocycles. The van der Waals surface area contributed by atoms with Crippen molar-refractivity contribution in [3.8, 4) is 0 Å². The first-order valence-electron chi connectivity index (χ1n) is 6.73. The molecule has 0 spiro atoms. The van der Waals surface area contributed by atoms with Crippen LogP contribution in [-0.2, 0) is 9.59 Å². The standard InChI is InChI=1S/C13H22N2O2/c1-2-10-3-5-11(6-4-10)8-15-9-12(16)14-7-13(15)17/h10-11H,2-9H2,1H3,(H,14,16). The molecule has 0 aromatic rings. The molecule has 17 heavy (non-hydrogen) atoms. The number of amides is 2. The minimum Gasteiger partial charge on any atom is -0.345 e. The molecule has 1 saturated heterocycles. The maximum atomic E-state index is 11.6. The Morgan fingerprint density at radius 2 is 1.82 bits per heavy atom. The molecule has 0 radical (unpaired) electrons. The van der Waals surface area contributed by atoms with Gasteiger partial charge in [-0.15, -0.1) is 0 Å². The molecule has 2 amide bonds. The number of carbonyl (C=O) groups is 2.